The summed E-state index contributed by atoms with van der Waals surface area (Å²) in [6.07, 6.45) is 1.35. The molecule has 0 bridgehead atoms. The van der Waals surface area contributed by atoms with Gasteiger partial charge < -0.3 is 5.73 Å². The Kier molecular flexibility index (Phi) is 2.11. The summed E-state index contributed by atoms with van der Waals surface area (Å²) in [7, 11) is 0. The van der Waals surface area contributed by atoms with Gasteiger partial charge >= 0.3 is 0 Å². The normalized spacial score (nSPS) is 19.5. The molecule has 2 rings (SSSR count). The van der Waals surface area contributed by atoms with E-state index in [0.717, 1.165) is 5.01 Å². The van der Waals surface area contributed by atoms with Gasteiger partial charge in [0.15, 0.2) is 6.17 Å². The first-order valence-corrected chi connectivity index (χ1v) is 4.98. The van der Waals surface area contributed by atoms with Crippen LogP contribution in [0.5, 0.6) is 0 Å². The molecular formula is C8H11FN2S. The zero-order valence-electron chi connectivity index (χ0n) is 6.66. The average molecular weight is 186 g/mol. The molecule has 1 heterocycles. The number of hydrogen-bond donors (Lipinski definition) is 1. The van der Waals surface area contributed by atoms with Gasteiger partial charge in [0.1, 0.15) is 0 Å². The zero-order chi connectivity index (χ0) is 8.55. The van der Waals surface area contributed by atoms with E-state index in [2.05, 4.69) is 4.98 Å². The van der Waals surface area contributed by atoms with Gasteiger partial charge in [-0.2, -0.15) is 0 Å². The Morgan fingerprint density at radius 1 is 1.75 bits per heavy atom. The molecule has 0 amide bonds. The number of hydrogen-bond acceptors (Lipinski definition) is 3. The molecule has 2 nitrogen and oxygen atoms in total. The Balaban J connectivity index is 2.12. The maximum Gasteiger partial charge on any atom is 0.155 e. The van der Waals surface area contributed by atoms with Crippen molar-refractivity contribution in [3.05, 3.63) is 16.1 Å². The van der Waals surface area contributed by atoms with E-state index in [-0.39, 0.29) is 6.54 Å². The summed E-state index contributed by atoms with van der Waals surface area (Å²) in [5.41, 5.74) is 5.71. The van der Waals surface area contributed by atoms with Gasteiger partial charge in [0.2, 0.25) is 0 Å². The third-order valence-corrected chi connectivity index (χ3v) is 3.02. The summed E-state index contributed by atoms with van der Waals surface area (Å²) in [4.78, 5) is 4.21. The van der Waals surface area contributed by atoms with Gasteiger partial charge in [-0.25, -0.2) is 9.37 Å². The van der Waals surface area contributed by atoms with Crippen molar-refractivity contribution in [3.8, 4) is 0 Å². The van der Waals surface area contributed by atoms with Gasteiger partial charge in [-0.05, 0) is 12.8 Å². The minimum atomic E-state index is -1.08. The fraction of sp³-hybridized carbons (Fsp3) is 0.625. The number of thiazole rings is 1. The average Bonchev–Trinajstić information content (AvgIpc) is 2.83. The largest absolute Gasteiger partial charge is 0.327 e. The van der Waals surface area contributed by atoms with Gasteiger partial charge in [0.05, 0.1) is 10.7 Å². The third-order valence-electron chi connectivity index (χ3n) is 1.99. The lowest BCUT2D eigenvalue weighted by Crippen LogP contribution is -2.07. The summed E-state index contributed by atoms with van der Waals surface area (Å²) < 4.78 is 13.0. The first-order chi connectivity index (χ1) is 5.81. The van der Waals surface area contributed by atoms with E-state index in [0.29, 0.717) is 11.6 Å². The summed E-state index contributed by atoms with van der Waals surface area (Å²) >= 11 is 1.56. The topological polar surface area (TPSA) is 38.9 Å². The van der Waals surface area contributed by atoms with Gasteiger partial charge in [-0.3, -0.25) is 0 Å². The molecule has 1 atom stereocenters. The quantitative estimate of drug-likeness (QED) is 0.784. The monoisotopic (exact) mass is 186 g/mol. The Morgan fingerprint density at radius 3 is 3.08 bits per heavy atom. The summed E-state index contributed by atoms with van der Waals surface area (Å²) in [6.45, 7) is 0.0356. The lowest BCUT2D eigenvalue weighted by Gasteiger charge is -1.98. The van der Waals surface area contributed by atoms with Crippen LogP contribution in [0.4, 0.5) is 4.39 Å². The molecule has 1 aromatic heterocycles. The standard InChI is InChI=1S/C8H11FN2S/c9-6(3-10)7-4-12-8(11-7)5-1-2-5/h4-6H,1-3,10H2. The fourth-order valence-electron chi connectivity index (χ4n) is 1.08. The van der Waals surface area contributed by atoms with Crippen LogP contribution in [0.15, 0.2) is 5.38 Å². The van der Waals surface area contributed by atoms with Crippen LogP contribution in [-0.2, 0) is 0 Å². The molecule has 0 spiro atoms. The highest BCUT2D eigenvalue weighted by atomic mass is 32.1. The van der Waals surface area contributed by atoms with Crippen LogP contribution in [-0.4, -0.2) is 11.5 Å². The Hall–Kier alpha value is -0.480. The molecule has 1 saturated carbocycles. The molecule has 4 heteroatoms. The minimum Gasteiger partial charge on any atom is -0.327 e. The van der Waals surface area contributed by atoms with Crippen LogP contribution in [0.25, 0.3) is 0 Å². The second-order valence-electron chi connectivity index (χ2n) is 3.09. The van der Waals surface area contributed by atoms with Crippen molar-refractivity contribution >= 4 is 11.3 Å². The molecule has 1 unspecified atom stereocenters. The molecule has 0 radical (unpaired) electrons. The van der Waals surface area contributed by atoms with E-state index >= 15 is 0 Å². The molecule has 1 aromatic rings. The Bertz CT molecular complexity index is 270. The van der Waals surface area contributed by atoms with Crippen molar-refractivity contribution in [2.24, 2.45) is 5.73 Å². The number of nitrogens with zero attached hydrogens (tertiary/aromatic N) is 1. The van der Waals surface area contributed by atoms with E-state index < -0.39 is 6.17 Å². The van der Waals surface area contributed by atoms with Crippen molar-refractivity contribution in [2.75, 3.05) is 6.54 Å². The van der Waals surface area contributed by atoms with E-state index in [1.54, 1.807) is 16.7 Å². The molecule has 2 N–H and O–H groups in total. The molecular weight excluding hydrogens is 175 g/mol. The highest BCUT2D eigenvalue weighted by Crippen LogP contribution is 2.41. The van der Waals surface area contributed by atoms with Crippen molar-refractivity contribution in [2.45, 2.75) is 24.9 Å². The molecule has 1 fully saturated rings. The van der Waals surface area contributed by atoms with Gasteiger partial charge in [0, 0.05) is 17.8 Å². The summed E-state index contributed by atoms with van der Waals surface area (Å²) in [6, 6.07) is 0. The molecule has 0 saturated heterocycles. The van der Waals surface area contributed by atoms with Crippen LogP contribution in [0, 0.1) is 0 Å². The molecule has 1 aliphatic rings. The van der Waals surface area contributed by atoms with Crippen molar-refractivity contribution in [1.29, 1.82) is 0 Å². The molecule has 12 heavy (non-hydrogen) atoms. The highest BCUT2D eigenvalue weighted by molar-refractivity contribution is 7.09. The van der Waals surface area contributed by atoms with Crippen molar-refractivity contribution in [3.63, 3.8) is 0 Å². The van der Waals surface area contributed by atoms with Crippen molar-refractivity contribution in [1.82, 2.24) is 4.98 Å². The lowest BCUT2D eigenvalue weighted by atomic mass is 10.3. The zero-order valence-corrected chi connectivity index (χ0v) is 7.48. The van der Waals surface area contributed by atoms with Gasteiger partial charge in [0.25, 0.3) is 0 Å². The van der Waals surface area contributed by atoms with Crippen LogP contribution >= 0.6 is 11.3 Å². The lowest BCUT2D eigenvalue weighted by molar-refractivity contribution is 0.346. The van der Waals surface area contributed by atoms with Crippen LogP contribution < -0.4 is 5.73 Å². The van der Waals surface area contributed by atoms with E-state index in [1.807, 2.05) is 0 Å². The SMILES string of the molecule is NCC(F)c1csc(C2CC2)n1. The highest BCUT2D eigenvalue weighted by Gasteiger charge is 2.27. The number of halogens is 1. The maximum atomic E-state index is 13.0. The number of alkyl halides is 1. The second-order valence-corrected chi connectivity index (χ2v) is 3.98. The first-order valence-electron chi connectivity index (χ1n) is 4.10. The van der Waals surface area contributed by atoms with Crippen LogP contribution in [0.2, 0.25) is 0 Å². The fourth-order valence-corrected chi connectivity index (χ4v) is 2.11. The molecule has 66 valence electrons. The summed E-state index contributed by atoms with van der Waals surface area (Å²) in [5.74, 6) is 0.619. The first kappa shape index (κ1) is 8.13. The minimum absolute atomic E-state index is 0.0356. The Morgan fingerprint density at radius 2 is 2.50 bits per heavy atom. The predicted octanol–water partition coefficient (Wildman–Crippen LogP) is 1.99. The van der Waals surface area contributed by atoms with E-state index in [9.17, 15) is 4.39 Å². The van der Waals surface area contributed by atoms with Gasteiger partial charge in [-0.15, -0.1) is 11.3 Å². The van der Waals surface area contributed by atoms with Crippen molar-refractivity contribution < 1.29 is 4.39 Å². The maximum absolute atomic E-state index is 13.0. The molecule has 0 aromatic carbocycles. The molecule has 0 aliphatic heterocycles. The van der Waals surface area contributed by atoms with E-state index in [4.69, 9.17) is 5.73 Å². The second kappa shape index (κ2) is 3.11. The Labute approximate surface area is 74.6 Å². The molecule has 1 aliphatic carbocycles. The predicted molar refractivity (Wildman–Crippen MR) is 47.0 cm³/mol. The number of rotatable bonds is 3. The van der Waals surface area contributed by atoms with Gasteiger partial charge in [-0.1, -0.05) is 0 Å². The number of aromatic nitrogens is 1. The summed E-state index contributed by atoms with van der Waals surface area (Å²) in [5, 5.41) is 2.87. The smallest absolute Gasteiger partial charge is 0.155 e. The van der Waals surface area contributed by atoms with E-state index in [1.165, 1.54) is 12.8 Å². The van der Waals surface area contributed by atoms with Crippen LogP contribution in [0.1, 0.15) is 35.6 Å². The third kappa shape index (κ3) is 1.49. The van der Waals surface area contributed by atoms with Crippen LogP contribution in [0.3, 0.4) is 0 Å². The number of nitrogens with two attached hydrogens (primary N) is 1.